The van der Waals surface area contributed by atoms with Gasteiger partial charge in [-0.3, -0.25) is 9.59 Å². The van der Waals surface area contributed by atoms with E-state index in [1.165, 1.54) is 6.07 Å². The van der Waals surface area contributed by atoms with Gasteiger partial charge in [0, 0.05) is 13.0 Å². The summed E-state index contributed by atoms with van der Waals surface area (Å²) in [5.41, 5.74) is -0.265. The molecule has 3 N–H and O–H groups in total. The highest BCUT2D eigenvalue weighted by Crippen LogP contribution is 2.19. The smallest absolute Gasteiger partial charge is 0.337 e. The number of halogens is 1. The monoisotopic (exact) mass is 280 g/mol. The molecule has 20 heavy (non-hydrogen) atoms. The first kappa shape index (κ1) is 14.0. The van der Waals surface area contributed by atoms with Gasteiger partial charge < -0.3 is 15.7 Å². The second kappa shape index (κ2) is 5.68. The van der Waals surface area contributed by atoms with E-state index in [1.54, 1.807) is 0 Å². The molecule has 1 heterocycles. The molecule has 1 saturated heterocycles. The molecule has 1 unspecified atom stereocenters. The summed E-state index contributed by atoms with van der Waals surface area (Å²) in [7, 11) is 0. The number of anilines is 1. The fourth-order valence-electron chi connectivity index (χ4n) is 1.99. The van der Waals surface area contributed by atoms with Crippen molar-refractivity contribution in [3.63, 3.8) is 0 Å². The van der Waals surface area contributed by atoms with E-state index in [-0.39, 0.29) is 36.0 Å². The van der Waals surface area contributed by atoms with Crippen LogP contribution in [-0.2, 0) is 9.59 Å². The average Bonchev–Trinajstić information content (AvgIpc) is 2.41. The van der Waals surface area contributed by atoms with Gasteiger partial charge >= 0.3 is 5.97 Å². The van der Waals surface area contributed by atoms with Gasteiger partial charge in [-0.1, -0.05) is 0 Å². The van der Waals surface area contributed by atoms with E-state index >= 15 is 0 Å². The maximum Gasteiger partial charge on any atom is 0.337 e. The van der Waals surface area contributed by atoms with Crippen molar-refractivity contribution >= 4 is 23.5 Å². The molecule has 1 aromatic rings. The number of piperidine rings is 1. The average molecular weight is 280 g/mol. The first-order chi connectivity index (χ1) is 9.47. The predicted molar refractivity (Wildman–Crippen MR) is 67.7 cm³/mol. The molecule has 0 spiro atoms. The Morgan fingerprint density at radius 2 is 2.15 bits per heavy atom. The van der Waals surface area contributed by atoms with Crippen molar-refractivity contribution in [2.75, 3.05) is 11.9 Å². The third kappa shape index (κ3) is 3.11. The lowest BCUT2D eigenvalue weighted by molar-refractivity contribution is -0.126. The van der Waals surface area contributed by atoms with E-state index in [4.69, 9.17) is 5.11 Å². The molecule has 0 saturated carbocycles. The Labute approximate surface area is 114 Å². The zero-order valence-electron chi connectivity index (χ0n) is 10.5. The van der Waals surface area contributed by atoms with E-state index in [9.17, 15) is 18.8 Å². The number of benzene rings is 1. The molecule has 0 aromatic heterocycles. The van der Waals surface area contributed by atoms with Crippen LogP contribution in [0.5, 0.6) is 0 Å². The molecular formula is C13H13FN2O4. The quantitative estimate of drug-likeness (QED) is 0.769. The highest BCUT2D eigenvalue weighted by Gasteiger charge is 2.25. The molecule has 0 aliphatic carbocycles. The van der Waals surface area contributed by atoms with Crippen molar-refractivity contribution in [3.8, 4) is 0 Å². The van der Waals surface area contributed by atoms with Crippen LogP contribution in [-0.4, -0.2) is 29.4 Å². The highest BCUT2D eigenvalue weighted by molar-refractivity contribution is 6.01. The Morgan fingerprint density at radius 1 is 1.40 bits per heavy atom. The van der Waals surface area contributed by atoms with E-state index in [0.717, 1.165) is 12.1 Å². The zero-order valence-corrected chi connectivity index (χ0v) is 10.5. The van der Waals surface area contributed by atoms with Crippen LogP contribution in [0.25, 0.3) is 0 Å². The molecule has 1 aromatic carbocycles. The summed E-state index contributed by atoms with van der Waals surface area (Å²) in [5, 5.41) is 14.0. The number of carbonyl (C=O) groups excluding carboxylic acids is 2. The first-order valence-corrected chi connectivity index (χ1v) is 6.08. The van der Waals surface area contributed by atoms with Gasteiger partial charge in [0.25, 0.3) is 0 Å². The lowest BCUT2D eigenvalue weighted by Gasteiger charge is -2.22. The van der Waals surface area contributed by atoms with E-state index in [2.05, 4.69) is 10.6 Å². The SMILES string of the molecule is O=C1CCC(C(=O)Nc2ccc(F)cc2C(=O)O)CN1. The molecule has 1 fully saturated rings. The van der Waals surface area contributed by atoms with Crippen LogP contribution in [0, 0.1) is 11.7 Å². The van der Waals surface area contributed by atoms with Gasteiger partial charge in [-0.15, -0.1) is 0 Å². The summed E-state index contributed by atoms with van der Waals surface area (Å²) in [6.45, 7) is 0.217. The highest BCUT2D eigenvalue weighted by atomic mass is 19.1. The number of aromatic carboxylic acids is 1. The van der Waals surface area contributed by atoms with Gasteiger partial charge in [0.2, 0.25) is 11.8 Å². The molecular weight excluding hydrogens is 267 g/mol. The molecule has 1 aliphatic heterocycles. The maximum atomic E-state index is 13.0. The fraction of sp³-hybridized carbons (Fsp3) is 0.308. The third-order valence-corrected chi connectivity index (χ3v) is 3.11. The van der Waals surface area contributed by atoms with Gasteiger partial charge in [-0.2, -0.15) is 0 Å². The molecule has 2 rings (SSSR count). The predicted octanol–water partition coefficient (Wildman–Crippen LogP) is 0.989. The Morgan fingerprint density at radius 3 is 2.75 bits per heavy atom. The first-order valence-electron chi connectivity index (χ1n) is 6.08. The van der Waals surface area contributed by atoms with Crippen molar-refractivity contribution in [2.24, 2.45) is 5.92 Å². The van der Waals surface area contributed by atoms with Gasteiger partial charge in [-0.05, 0) is 24.6 Å². The Hall–Kier alpha value is -2.44. The van der Waals surface area contributed by atoms with Crippen LogP contribution >= 0.6 is 0 Å². The van der Waals surface area contributed by atoms with Crippen molar-refractivity contribution in [1.29, 1.82) is 0 Å². The fourth-order valence-corrected chi connectivity index (χ4v) is 1.99. The second-order valence-corrected chi connectivity index (χ2v) is 4.52. The second-order valence-electron chi connectivity index (χ2n) is 4.52. The van der Waals surface area contributed by atoms with Gasteiger partial charge in [0.15, 0.2) is 0 Å². The molecule has 1 aliphatic rings. The number of nitrogens with one attached hydrogen (secondary N) is 2. The minimum atomic E-state index is -1.32. The minimum Gasteiger partial charge on any atom is -0.478 e. The van der Waals surface area contributed by atoms with Crippen molar-refractivity contribution in [1.82, 2.24) is 5.32 Å². The topological polar surface area (TPSA) is 95.5 Å². The summed E-state index contributed by atoms with van der Waals surface area (Å²) in [4.78, 5) is 34.0. The molecule has 0 radical (unpaired) electrons. The molecule has 7 heteroatoms. The number of carbonyl (C=O) groups is 3. The van der Waals surface area contributed by atoms with Gasteiger partial charge in [-0.25, -0.2) is 9.18 Å². The number of amides is 2. The van der Waals surface area contributed by atoms with Crippen molar-refractivity contribution < 1.29 is 23.9 Å². The van der Waals surface area contributed by atoms with Gasteiger partial charge in [0.1, 0.15) is 5.82 Å². The Bertz CT molecular complexity index is 563. The van der Waals surface area contributed by atoms with Crippen LogP contribution in [0.2, 0.25) is 0 Å². The lowest BCUT2D eigenvalue weighted by Crippen LogP contribution is -2.40. The van der Waals surface area contributed by atoms with Crippen molar-refractivity contribution in [3.05, 3.63) is 29.6 Å². The number of rotatable bonds is 3. The number of hydrogen-bond acceptors (Lipinski definition) is 3. The third-order valence-electron chi connectivity index (χ3n) is 3.11. The van der Waals surface area contributed by atoms with E-state index in [1.807, 2.05) is 0 Å². The zero-order chi connectivity index (χ0) is 14.7. The van der Waals surface area contributed by atoms with Crippen LogP contribution in [0.3, 0.4) is 0 Å². The van der Waals surface area contributed by atoms with Crippen molar-refractivity contribution in [2.45, 2.75) is 12.8 Å². The summed E-state index contributed by atoms with van der Waals surface area (Å²) in [6, 6.07) is 3.13. The Kier molecular flexibility index (Phi) is 3.97. The normalized spacial score (nSPS) is 18.2. The molecule has 6 nitrogen and oxygen atoms in total. The van der Waals surface area contributed by atoms with Crippen LogP contribution < -0.4 is 10.6 Å². The molecule has 106 valence electrons. The molecule has 2 amide bonds. The minimum absolute atomic E-state index is 0.0424. The summed E-state index contributed by atoms with van der Waals surface area (Å²) < 4.78 is 13.0. The van der Waals surface area contributed by atoms with Gasteiger partial charge in [0.05, 0.1) is 17.2 Å². The maximum absolute atomic E-state index is 13.0. The van der Waals surface area contributed by atoms with E-state index in [0.29, 0.717) is 6.42 Å². The summed E-state index contributed by atoms with van der Waals surface area (Å²) >= 11 is 0. The Balaban J connectivity index is 2.11. The van der Waals surface area contributed by atoms with E-state index < -0.39 is 17.7 Å². The largest absolute Gasteiger partial charge is 0.478 e. The standard InChI is InChI=1S/C13H13FN2O4/c14-8-2-3-10(9(5-8)13(19)20)16-12(18)7-1-4-11(17)15-6-7/h2-3,5,7H,1,4,6H2,(H,15,17)(H,16,18)(H,19,20). The van der Waals surface area contributed by atoms with Crippen LogP contribution in [0.4, 0.5) is 10.1 Å². The lowest BCUT2D eigenvalue weighted by atomic mass is 9.98. The molecule has 0 bridgehead atoms. The van der Waals surface area contributed by atoms with Crippen LogP contribution in [0.15, 0.2) is 18.2 Å². The summed E-state index contributed by atoms with van der Waals surface area (Å²) in [5.74, 6) is -2.93. The number of carboxylic acid groups (broad SMARTS) is 1. The summed E-state index contributed by atoms with van der Waals surface area (Å²) in [6.07, 6.45) is 0.661. The number of carboxylic acids is 1. The molecule has 1 atom stereocenters. The van der Waals surface area contributed by atoms with Crippen LogP contribution in [0.1, 0.15) is 23.2 Å². The number of hydrogen-bond donors (Lipinski definition) is 3.